The average Bonchev–Trinajstić information content (AvgIpc) is 2.77. The molecule has 0 aliphatic heterocycles. The largest absolute Gasteiger partial charge is 0.360 e. The maximum absolute atomic E-state index is 13.0. The summed E-state index contributed by atoms with van der Waals surface area (Å²) in [4.78, 5) is 26.1. The number of carbonyl (C=O) groups is 2. The Morgan fingerprint density at radius 1 is 1.44 bits per heavy atom. The van der Waals surface area contributed by atoms with Gasteiger partial charge < -0.3 is 10.3 Å². The van der Waals surface area contributed by atoms with Gasteiger partial charge in [0.25, 0.3) is 11.7 Å². The number of carbonyl (C=O) groups excluding carboxylic acids is 2. The molecule has 18 heavy (non-hydrogen) atoms. The number of H-pyrrole nitrogens is 1. The van der Waals surface area contributed by atoms with E-state index in [0.717, 1.165) is 0 Å². The molecule has 1 heterocycles. The molecule has 2 aromatic rings. The number of hydrogen-bond donors (Lipinski definition) is 2. The number of Topliss-reactive ketones (excluding diaryl/α,β-unsaturated/α-hetero) is 1. The Hall–Kier alpha value is -2.43. The Labute approximate surface area is 102 Å². The second-order valence-electron chi connectivity index (χ2n) is 3.72. The van der Waals surface area contributed by atoms with E-state index in [0.29, 0.717) is 10.9 Å². The van der Waals surface area contributed by atoms with Gasteiger partial charge in [0.05, 0.1) is 5.56 Å². The Morgan fingerprint density at radius 3 is 2.94 bits per heavy atom. The normalized spacial score (nSPS) is 10.3. The van der Waals surface area contributed by atoms with E-state index in [1.165, 1.54) is 30.5 Å². The molecule has 1 amide bonds. The second-order valence-corrected chi connectivity index (χ2v) is 3.72. The fraction of sp³-hybridized carbons (Fsp3) is 0.0769. The van der Waals surface area contributed by atoms with E-state index in [4.69, 9.17) is 0 Å². The number of aromatic amines is 1. The third-order valence-electron chi connectivity index (χ3n) is 2.50. The van der Waals surface area contributed by atoms with Crippen molar-refractivity contribution in [2.24, 2.45) is 0 Å². The highest BCUT2D eigenvalue weighted by Crippen LogP contribution is 2.19. The van der Waals surface area contributed by atoms with Crippen molar-refractivity contribution in [3.05, 3.63) is 48.4 Å². The summed E-state index contributed by atoms with van der Waals surface area (Å²) in [5.74, 6) is -1.77. The zero-order chi connectivity index (χ0) is 13.1. The van der Waals surface area contributed by atoms with E-state index in [9.17, 15) is 14.0 Å². The summed E-state index contributed by atoms with van der Waals surface area (Å²) in [6.07, 6.45) is 2.88. The van der Waals surface area contributed by atoms with E-state index in [1.807, 2.05) is 0 Å². The average molecular weight is 246 g/mol. The van der Waals surface area contributed by atoms with Crippen LogP contribution >= 0.6 is 0 Å². The summed E-state index contributed by atoms with van der Waals surface area (Å²) in [5, 5.41) is 2.93. The molecule has 0 saturated carbocycles. The molecular weight excluding hydrogens is 235 g/mol. The molecule has 2 rings (SSSR count). The Morgan fingerprint density at radius 2 is 2.22 bits per heavy atom. The molecule has 0 spiro atoms. The van der Waals surface area contributed by atoms with Gasteiger partial charge in [-0.1, -0.05) is 6.08 Å². The number of halogens is 1. The van der Waals surface area contributed by atoms with Gasteiger partial charge in [-0.2, -0.15) is 0 Å². The van der Waals surface area contributed by atoms with Gasteiger partial charge in [-0.3, -0.25) is 9.59 Å². The molecule has 0 saturated heterocycles. The van der Waals surface area contributed by atoms with Crippen molar-refractivity contribution < 1.29 is 14.0 Å². The molecule has 1 aromatic carbocycles. The second kappa shape index (κ2) is 4.83. The smallest absolute Gasteiger partial charge is 0.292 e. The van der Waals surface area contributed by atoms with Crippen molar-refractivity contribution in [1.82, 2.24) is 10.3 Å². The number of rotatable bonds is 4. The minimum Gasteiger partial charge on any atom is -0.360 e. The number of fused-ring (bicyclic) bond motifs is 1. The standard InChI is InChI=1S/C13H11FN2O2/c1-2-5-15-13(18)12(17)10-7-16-11-6-8(14)3-4-9(10)11/h2-4,6-7,16H,1,5H2,(H,15,18). The van der Waals surface area contributed by atoms with Gasteiger partial charge in [-0.05, 0) is 18.2 Å². The monoisotopic (exact) mass is 246 g/mol. The summed E-state index contributed by atoms with van der Waals surface area (Å²) < 4.78 is 13.0. The third-order valence-corrected chi connectivity index (χ3v) is 2.50. The minimum atomic E-state index is -0.708. The SMILES string of the molecule is C=CCNC(=O)C(=O)c1c[nH]c2cc(F)ccc12. The first-order chi connectivity index (χ1) is 8.63. The molecule has 2 N–H and O–H groups in total. The highest BCUT2D eigenvalue weighted by atomic mass is 19.1. The lowest BCUT2D eigenvalue weighted by Gasteiger charge is -2.00. The van der Waals surface area contributed by atoms with Gasteiger partial charge >= 0.3 is 0 Å². The summed E-state index contributed by atoms with van der Waals surface area (Å²) in [6, 6.07) is 3.98. The van der Waals surface area contributed by atoms with Crippen molar-refractivity contribution in [3.63, 3.8) is 0 Å². The maximum atomic E-state index is 13.0. The number of amides is 1. The van der Waals surface area contributed by atoms with Crippen LogP contribution in [-0.2, 0) is 4.79 Å². The first-order valence-corrected chi connectivity index (χ1v) is 5.33. The molecule has 0 aliphatic carbocycles. The predicted molar refractivity (Wildman–Crippen MR) is 65.8 cm³/mol. The quantitative estimate of drug-likeness (QED) is 0.491. The van der Waals surface area contributed by atoms with E-state index in [2.05, 4.69) is 16.9 Å². The molecule has 92 valence electrons. The third kappa shape index (κ3) is 2.15. The van der Waals surface area contributed by atoms with Crippen LogP contribution in [0.25, 0.3) is 10.9 Å². The molecule has 0 atom stereocenters. The molecule has 4 nitrogen and oxygen atoms in total. The first-order valence-electron chi connectivity index (χ1n) is 5.33. The lowest BCUT2D eigenvalue weighted by atomic mass is 10.1. The van der Waals surface area contributed by atoms with Gasteiger partial charge in [0.15, 0.2) is 0 Å². The van der Waals surface area contributed by atoms with Crippen LogP contribution in [-0.4, -0.2) is 23.2 Å². The summed E-state index contributed by atoms with van der Waals surface area (Å²) in [7, 11) is 0. The van der Waals surface area contributed by atoms with Gasteiger partial charge in [0, 0.05) is 23.6 Å². The molecule has 0 fully saturated rings. The Bertz CT molecular complexity index is 631. The van der Waals surface area contributed by atoms with Crippen LogP contribution in [0, 0.1) is 5.82 Å². The van der Waals surface area contributed by atoms with Crippen LogP contribution in [0.4, 0.5) is 4.39 Å². The zero-order valence-electron chi connectivity index (χ0n) is 9.50. The Kier molecular flexibility index (Phi) is 3.23. The highest BCUT2D eigenvalue weighted by molar-refractivity contribution is 6.44. The number of ketones is 1. The molecular formula is C13H11FN2O2. The minimum absolute atomic E-state index is 0.224. The molecule has 5 heteroatoms. The topological polar surface area (TPSA) is 62.0 Å². The lowest BCUT2D eigenvalue weighted by molar-refractivity contribution is -0.116. The van der Waals surface area contributed by atoms with Crippen LogP contribution in [0.15, 0.2) is 37.1 Å². The van der Waals surface area contributed by atoms with Gasteiger partial charge in [0.1, 0.15) is 5.82 Å². The van der Waals surface area contributed by atoms with E-state index < -0.39 is 17.5 Å². The molecule has 0 unspecified atom stereocenters. The summed E-state index contributed by atoms with van der Waals surface area (Å²) >= 11 is 0. The first kappa shape index (κ1) is 12.0. The number of benzene rings is 1. The zero-order valence-corrected chi connectivity index (χ0v) is 9.50. The van der Waals surface area contributed by atoms with Gasteiger partial charge in [0.2, 0.25) is 0 Å². The van der Waals surface area contributed by atoms with Gasteiger partial charge in [-0.25, -0.2) is 4.39 Å². The number of aromatic nitrogens is 1. The molecule has 0 bridgehead atoms. The molecule has 0 aliphatic rings. The van der Waals surface area contributed by atoms with Crippen LogP contribution in [0.1, 0.15) is 10.4 Å². The fourth-order valence-electron chi connectivity index (χ4n) is 1.65. The maximum Gasteiger partial charge on any atom is 0.292 e. The number of nitrogens with one attached hydrogen (secondary N) is 2. The van der Waals surface area contributed by atoms with Crippen LogP contribution in [0.5, 0.6) is 0 Å². The van der Waals surface area contributed by atoms with Crippen molar-refractivity contribution in [2.75, 3.05) is 6.54 Å². The van der Waals surface area contributed by atoms with Crippen LogP contribution < -0.4 is 5.32 Å². The van der Waals surface area contributed by atoms with E-state index in [1.54, 1.807) is 0 Å². The van der Waals surface area contributed by atoms with Crippen LogP contribution in [0.2, 0.25) is 0 Å². The fourth-order valence-corrected chi connectivity index (χ4v) is 1.65. The van der Waals surface area contributed by atoms with Crippen molar-refractivity contribution in [2.45, 2.75) is 0 Å². The van der Waals surface area contributed by atoms with Crippen molar-refractivity contribution >= 4 is 22.6 Å². The number of hydrogen-bond acceptors (Lipinski definition) is 2. The molecule has 1 aromatic heterocycles. The lowest BCUT2D eigenvalue weighted by Crippen LogP contribution is -2.30. The Balaban J connectivity index is 2.33. The summed E-state index contributed by atoms with van der Waals surface area (Å²) in [5.41, 5.74) is 0.710. The predicted octanol–water partition coefficient (Wildman–Crippen LogP) is 1.79. The van der Waals surface area contributed by atoms with Crippen molar-refractivity contribution in [1.29, 1.82) is 0 Å². The van der Waals surface area contributed by atoms with E-state index >= 15 is 0 Å². The molecule has 0 radical (unpaired) electrons. The van der Waals surface area contributed by atoms with E-state index in [-0.39, 0.29) is 12.1 Å². The highest BCUT2D eigenvalue weighted by Gasteiger charge is 2.19. The van der Waals surface area contributed by atoms with Gasteiger partial charge in [-0.15, -0.1) is 6.58 Å². The van der Waals surface area contributed by atoms with Crippen LogP contribution in [0.3, 0.4) is 0 Å². The summed E-state index contributed by atoms with van der Waals surface area (Å²) in [6.45, 7) is 3.66. The van der Waals surface area contributed by atoms with Crippen molar-refractivity contribution in [3.8, 4) is 0 Å².